The monoisotopic (exact) mass is 312 g/mol. The Hall–Kier alpha value is -0.430. The molecule has 0 amide bonds. The number of rotatable bonds is 7. The lowest BCUT2D eigenvalue weighted by Crippen LogP contribution is -2.06. The zero-order valence-corrected chi connectivity index (χ0v) is 16.7. The van der Waals surface area contributed by atoms with Crippen LogP contribution in [0, 0.1) is 11.8 Å². The molecule has 0 fully saturated rings. The third kappa shape index (κ3) is 24.9. The third-order valence-electron chi connectivity index (χ3n) is 3.01. The quantitative estimate of drug-likeness (QED) is 0.365. The van der Waals surface area contributed by atoms with Crippen molar-refractivity contribution in [1.29, 1.82) is 0 Å². The molecule has 2 atom stereocenters. The number of unbranched alkanes of at least 4 members (excludes halogenated alkanes) is 1. The molecule has 0 aliphatic carbocycles. The zero-order chi connectivity index (χ0) is 17.3. The van der Waals surface area contributed by atoms with E-state index in [2.05, 4.69) is 72.1 Å². The van der Waals surface area contributed by atoms with Crippen LogP contribution in [-0.2, 0) is 0 Å². The summed E-state index contributed by atoms with van der Waals surface area (Å²) in [6.07, 6.45) is 12.1. The van der Waals surface area contributed by atoms with E-state index in [1.54, 1.807) is 0 Å². The van der Waals surface area contributed by atoms with Crippen molar-refractivity contribution in [2.24, 2.45) is 11.8 Å². The van der Waals surface area contributed by atoms with Crippen LogP contribution in [0.2, 0.25) is 0 Å². The maximum absolute atomic E-state index is 4.37. The van der Waals surface area contributed by atoms with Gasteiger partial charge in [-0.25, -0.2) is 0 Å². The van der Waals surface area contributed by atoms with Gasteiger partial charge in [0.2, 0.25) is 0 Å². The third-order valence-corrected chi connectivity index (χ3v) is 3.52. The molecule has 0 aromatic rings. The first-order chi connectivity index (χ1) is 9.84. The van der Waals surface area contributed by atoms with Crippen LogP contribution >= 0.6 is 12.6 Å². The molecule has 0 aliphatic heterocycles. The summed E-state index contributed by atoms with van der Waals surface area (Å²) >= 11 is 4.37. The van der Waals surface area contributed by atoms with Gasteiger partial charge in [-0.2, -0.15) is 12.6 Å². The van der Waals surface area contributed by atoms with E-state index in [0.29, 0.717) is 11.2 Å². The van der Waals surface area contributed by atoms with Crippen molar-refractivity contribution >= 4 is 12.6 Å². The van der Waals surface area contributed by atoms with E-state index >= 15 is 0 Å². The van der Waals surface area contributed by atoms with Crippen LogP contribution < -0.4 is 0 Å². The highest BCUT2D eigenvalue weighted by molar-refractivity contribution is 7.80. The molecule has 126 valence electrons. The minimum Gasteiger partial charge on any atom is -0.176 e. The van der Waals surface area contributed by atoms with Crippen LogP contribution in [0.5, 0.6) is 0 Å². The van der Waals surface area contributed by atoms with E-state index in [4.69, 9.17) is 0 Å². The Bertz CT molecular complexity index is 259. The molecular formula is C20H40S. The molecule has 0 heterocycles. The van der Waals surface area contributed by atoms with Crippen LogP contribution in [0.4, 0.5) is 0 Å². The van der Waals surface area contributed by atoms with Crippen molar-refractivity contribution in [3.63, 3.8) is 0 Å². The molecule has 0 saturated carbocycles. The number of allylic oxidation sites excluding steroid dienone is 5. The fourth-order valence-electron chi connectivity index (χ4n) is 1.26. The lowest BCUT2D eigenvalue weighted by Gasteiger charge is -2.12. The van der Waals surface area contributed by atoms with Crippen molar-refractivity contribution in [2.75, 3.05) is 0 Å². The number of hydrogen-bond donors (Lipinski definition) is 1. The Labute approximate surface area is 141 Å². The normalized spacial score (nSPS) is 13.9. The molecular weight excluding hydrogens is 272 g/mol. The molecule has 0 rings (SSSR count). The Morgan fingerprint density at radius 1 is 1.14 bits per heavy atom. The highest BCUT2D eigenvalue weighted by Crippen LogP contribution is 2.15. The van der Waals surface area contributed by atoms with E-state index in [0.717, 1.165) is 5.92 Å². The van der Waals surface area contributed by atoms with E-state index in [1.807, 2.05) is 26.8 Å². The summed E-state index contributed by atoms with van der Waals surface area (Å²) in [5.41, 5.74) is 1.21. The van der Waals surface area contributed by atoms with E-state index < -0.39 is 0 Å². The van der Waals surface area contributed by atoms with Crippen LogP contribution in [0.25, 0.3) is 0 Å². The Morgan fingerprint density at radius 2 is 1.67 bits per heavy atom. The SMILES string of the molecule is C=C/C(C)=C\C=C/C(C)C.CC.CCCCC(C)C(C)S. The van der Waals surface area contributed by atoms with Crippen molar-refractivity contribution in [3.8, 4) is 0 Å². The lowest BCUT2D eigenvalue weighted by atomic mass is 10.0. The summed E-state index contributed by atoms with van der Waals surface area (Å²) in [6.45, 7) is 20.7. The van der Waals surface area contributed by atoms with E-state index in [9.17, 15) is 0 Å². The van der Waals surface area contributed by atoms with Crippen LogP contribution in [0.1, 0.15) is 74.7 Å². The largest absolute Gasteiger partial charge is 0.176 e. The van der Waals surface area contributed by atoms with Gasteiger partial charge in [-0.15, -0.1) is 0 Å². The van der Waals surface area contributed by atoms with Crippen LogP contribution in [-0.4, -0.2) is 5.25 Å². The van der Waals surface area contributed by atoms with Gasteiger partial charge in [0, 0.05) is 5.25 Å². The smallest absolute Gasteiger partial charge is 0.00141 e. The van der Waals surface area contributed by atoms with Gasteiger partial charge >= 0.3 is 0 Å². The molecule has 2 unspecified atom stereocenters. The second-order valence-electron chi connectivity index (χ2n) is 5.60. The van der Waals surface area contributed by atoms with Crippen molar-refractivity contribution in [1.82, 2.24) is 0 Å². The summed E-state index contributed by atoms with van der Waals surface area (Å²) in [6, 6.07) is 0. The maximum Gasteiger partial charge on any atom is 0.00141 e. The zero-order valence-electron chi connectivity index (χ0n) is 15.8. The molecule has 0 aromatic heterocycles. The summed E-state index contributed by atoms with van der Waals surface area (Å²) < 4.78 is 0. The average molecular weight is 313 g/mol. The van der Waals surface area contributed by atoms with Gasteiger partial charge in [0.25, 0.3) is 0 Å². The van der Waals surface area contributed by atoms with Gasteiger partial charge in [-0.1, -0.05) is 97.8 Å². The number of thiol groups is 1. The number of hydrogen-bond acceptors (Lipinski definition) is 1. The molecule has 0 radical (unpaired) electrons. The van der Waals surface area contributed by atoms with Gasteiger partial charge in [0.05, 0.1) is 0 Å². The molecule has 21 heavy (non-hydrogen) atoms. The topological polar surface area (TPSA) is 0 Å². The minimum absolute atomic E-state index is 0.566. The molecule has 0 nitrogen and oxygen atoms in total. The van der Waals surface area contributed by atoms with E-state index in [1.165, 1.54) is 24.8 Å². The molecule has 0 N–H and O–H groups in total. The predicted molar refractivity (Wildman–Crippen MR) is 106 cm³/mol. The minimum atomic E-state index is 0.566. The van der Waals surface area contributed by atoms with Gasteiger partial charge in [-0.3, -0.25) is 0 Å². The molecule has 0 spiro atoms. The Kier molecular flexibility index (Phi) is 23.8. The van der Waals surface area contributed by atoms with Crippen molar-refractivity contribution < 1.29 is 0 Å². The predicted octanol–water partition coefficient (Wildman–Crippen LogP) is 7.49. The first kappa shape index (κ1) is 25.5. The fourth-order valence-corrected chi connectivity index (χ4v) is 1.41. The standard InChI is InChI=1S/C10H16.C8H18S.C2H6/c1-5-10(4)8-6-7-9(2)3;1-4-5-6-7(2)8(3)9;1-2/h5-9H,1H2,2-4H3;7-9H,4-6H2,1-3H3;1-2H3/b7-6-,10-8-;;. The molecule has 0 saturated heterocycles. The van der Waals surface area contributed by atoms with E-state index in [-0.39, 0.29) is 0 Å². The van der Waals surface area contributed by atoms with Gasteiger partial charge in [-0.05, 0) is 25.2 Å². The van der Waals surface area contributed by atoms with Gasteiger partial charge in [0.15, 0.2) is 0 Å². The van der Waals surface area contributed by atoms with Crippen molar-refractivity contribution in [3.05, 3.63) is 36.5 Å². The van der Waals surface area contributed by atoms with Crippen LogP contribution in [0.15, 0.2) is 36.5 Å². The Morgan fingerprint density at radius 3 is 2.00 bits per heavy atom. The summed E-state index contributed by atoms with van der Waals surface area (Å²) in [7, 11) is 0. The highest BCUT2D eigenvalue weighted by atomic mass is 32.1. The summed E-state index contributed by atoms with van der Waals surface area (Å²) in [5, 5.41) is 0.566. The molecule has 0 aliphatic rings. The molecule has 0 bridgehead atoms. The van der Waals surface area contributed by atoms with Gasteiger partial charge < -0.3 is 0 Å². The fraction of sp³-hybridized carbons (Fsp3) is 0.700. The molecule has 0 aromatic carbocycles. The average Bonchev–Trinajstić information content (AvgIpc) is 2.46. The van der Waals surface area contributed by atoms with Crippen LogP contribution in [0.3, 0.4) is 0 Å². The first-order valence-corrected chi connectivity index (χ1v) is 9.02. The summed E-state index contributed by atoms with van der Waals surface area (Å²) in [4.78, 5) is 0. The highest BCUT2D eigenvalue weighted by Gasteiger charge is 2.05. The molecule has 1 heteroatoms. The van der Waals surface area contributed by atoms with Crippen molar-refractivity contribution in [2.45, 2.75) is 79.9 Å². The first-order valence-electron chi connectivity index (χ1n) is 8.50. The lowest BCUT2D eigenvalue weighted by molar-refractivity contribution is 0.504. The second kappa shape index (κ2) is 19.6. The van der Waals surface area contributed by atoms with Gasteiger partial charge in [0.1, 0.15) is 0 Å². The maximum atomic E-state index is 4.37. The second-order valence-corrected chi connectivity index (χ2v) is 6.42. The Balaban J connectivity index is -0.000000277. The summed E-state index contributed by atoms with van der Waals surface area (Å²) in [5.74, 6) is 1.42.